The smallest absolute Gasteiger partial charge is 0.227 e. The van der Waals surface area contributed by atoms with Gasteiger partial charge in [0.15, 0.2) is 5.58 Å². The second kappa shape index (κ2) is 11.7. The van der Waals surface area contributed by atoms with E-state index in [1.165, 1.54) is 30.9 Å². The summed E-state index contributed by atoms with van der Waals surface area (Å²) >= 11 is 1.83. The topological polar surface area (TPSA) is 47.3 Å². The molecule has 0 aliphatic carbocycles. The Labute approximate surface area is 318 Å². The predicted octanol–water partition coefficient (Wildman–Crippen LogP) is 14.3. The number of nitrogens with zero attached hydrogens (tertiary/aromatic N) is 3. The first kappa shape index (κ1) is 30.3. The van der Waals surface area contributed by atoms with Crippen LogP contribution in [0.5, 0.6) is 0 Å². The minimum atomic E-state index is 0.596. The van der Waals surface area contributed by atoms with Crippen molar-refractivity contribution in [3.8, 4) is 17.1 Å². The third-order valence-corrected chi connectivity index (χ3v) is 11.9. The summed E-state index contributed by atoms with van der Waals surface area (Å²) in [4.78, 5) is 7.28. The molecule has 55 heavy (non-hydrogen) atoms. The van der Waals surface area contributed by atoms with Crippen LogP contribution < -0.4 is 4.90 Å². The molecule has 0 aliphatic heterocycles. The van der Waals surface area contributed by atoms with Gasteiger partial charge in [0.2, 0.25) is 5.89 Å². The maximum atomic E-state index is 6.69. The van der Waals surface area contributed by atoms with Gasteiger partial charge in [0, 0.05) is 59.3 Å². The summed E-state index contributed by atoms with van der Waals surface area (Å²) in [5.74, 6) is 0.596. The standard InChI is InChI=1S/C49H29N3O2S/c1-3-13-30(14-4-1)49-50-37-27-28-41-46(48(37)54-49)35-26-25-32(29-42(35)53-41)51(39-21-12-24-44-45(39)36-18-8-10-23-43(36)55-44)40-22-11-19-34-33-17-7-9-20-38(33)52(47(34)40)31-15-5-2-6-16-31/h1-29H. The Hall–Kier alpha value is -7.15. The Morgan fingerprint density at radius 2 is 1.24 bits per heavy atom. The molecule has 0 bridgehead atoms. The van der Waals surface area contributed by atoms with Crippen LogP contribution in [0.15, 0.2) is 185 Å². The number of hydrogen-bond acceptors (Lipinski definition) is 5. The van der Waals surface area contributed by atoms with Crippen LogP contribution >= 0.6 is 11.3 Å². The molecular weight excluding hydrogens is 695 g/mol. The molecule has 0 N–H and O–H groups in total. The van der Waals surface area contributed by atoms with E-state index in [9.17, 15) is 0 Å². The van der Waals surface area contributed by atoms with Gasteiger partial charge in [0.05, 0.1) is 27.8 Å². The van der Waals surface area contributed by atoms with Crippen LogP contribution in [0.25, 0.3) is 92.2 Å². The van der Waals surface area contributed by atoms with E-state index in [1.807, 2.05) is 53.8 Å². The highest BCUT2D eigenvalue weighted by Crippen LogP contribution is 2.49. The minimum Gasteiger partial charge on any atom is -0.456 e. The number of fused-ring (bicyclic) bond motifs is 11. The van der Waals surface area contributed by atoms with Gasteiger partial charge in [0.25, 0.3) is 0 Å². The van der Waals surface area contributed by atoms with Gasteiger partial charge < -0.3 is 18.3 Å². The van der Waals surface area contributed by atoms with E-state index < -0.39 is 0 Å². The number of furan rings is 1. The van der Waals surface area contributed by atoms with E-state index in [0.29, 0.717) is 5.89 Å². The predicted molar refractivity (Wildman–Crippen MR) is 229 cm³/mol. The molecule has 12 aromatic rings. The van der Waals surface area contributed by atoms with Crippen molar-refractivity contribution in [3.05, 3.63) is 176 Å². The van der Waals surface area contributed by atoms with Gasteiger partial charge in [-0.3, -0.25) is 0 Å². The zero-order valence-corrected chi connectivity index (χ0v) is 30.1. The number of oxazole rings is 1. The highest BCUT2D eigenvalue weighted by Gasteiger charge is 2.25. The van der Waals surface area contributed by atoms with Crippen LogP contribution in [0, 0.1) is 0 Å². The fraction of sp³-hybridized carbons (Fsp3) is 0. The Bertz CT molecular complexity index is 3450. The van der Waals surface area contributed by atoms with Crippen molar-refractivity contribution >= 4 is 103 Å². The van der Waals surface area contributed by atoms with Crippen LogP contribution in [0.1, 0.15) is 0 Å². The number of thiophene rings is 1. The highest BCUT2D eigenvalue weighted by atomic mass is 32.1. The lowest BCUT2D eigenvalue weighted by Gasteiger charge is -2.28. The SMILES string of the molecule is c1ccc(-c2nc3ccc4oc5cc(N(c6cccc7sc8ccccc8c67)c6cccc7c8ccccc8n(-c8ccccc8)c67)ccc5c4c3o2)cc1. The summed E-state index contributed by atoms with van der Waals surface area (Å²) in [7, 11) is 0. The first-order valence-electron chi connectivity index (χ1n) is 18.4. The quantitative estimate of drug-likeness (QED) is 0.177. The molecule has 12 rings (SSSR count). The molecule has 0 saturated carbocycles. The van der Waals surface area contributed by atoms with Crippen molar-refractivity contribution in [2.75, 3.05) is 4.90 Å². The highest BCUT2D eigenvalue weighted by molar-refractivity contribution is 7.26. The lowest BCUT2D eigenvalue weighted by molar-refractivity contribution is 0.622. The number of benzene rings is 8. The number of anilines is 3. The molecule has 258 valence electrons. The third kappa shape index (κ3) is 4.49. The van der Waals surface area contributed by atoms with E-state index in [-0.39, 0.29) is 0 Å². The Balaban J connectivity index is 1.16. The third-order valence-electron chi connectivity index (χ3n) is 10.8. The minimum absolute atomic E-state index is 0.596. The van der Waals surface area contributed by atoms with Crippen LogP contribution in [0.4, 0.5) is 17.1 Å². The summed E-state index contributed by atoms with van der Waals surface area (Å²) in [5.41, 5.74) is 10.6. The molecule has 0 atom stereocenters. The normalized spacial score (nSPS) is 12.0. The van der Waals surface area contributed by atoms with Crippen LogP contribution in [0.2, 0.25) is 0 Å². The maximum absolute atomic E-state index is 6.69. The summed E-state index contributed by atoms with van der Waals surface area (Å²) in [5, 5.41) is 6.78. The zero-order valence-electron chi connectivity index (χ0n) is 29.3. The summed E-state index contributed by atoms with van der Waals surface area (Å²) in [6.45, 7) is 0. The Morgan fingerprint density at radius 1 is 0.509 bits per heavy atom. The van der Waals surface area contributed by atoms with E-state index in [0.717, 1.165) is 72.4 Å². The van der Waals surface area contributed by atoms with Gasteiger partial charge in [-0.15, -0.1) is 11.3 Å². The zero-order chi connectivity index (χ0) is 36.0. The first-order valence-corrected chi connectivity index (χ1v) is 19.2. The second-order valence-electron chi connectivity index (χ2n) is 13.9. The van der Waals surface area contributed by atoms with E-state index >= 15 is 0 Å². The van der Waals surface area contributed by atoms with Crippen molar-refractivity contribution in [1.29, 1.82) is 0 Å². The molecule has 0 saturated heterocycles. The summed E-state index contributed by atoms with van der Waals surface area (Å²) < 4.78 is 18.1. The van der Waals surface area contributed by atoms with Crippen molar-refractivity contribution in [3.63, 3.8) is 0 Å². The van der Waals surface area contributed by atoms with Crippen molar-refractivity contribution in [2.24, 2.45) is 0 Å². The molecule has 6 heteroatoms. The van der Waals surface area contributed by atoms with Gasteiger partial charge in [0.1, 0.15) is 16.7 Å². The van der Waals surface area contributed by atoms with Gasteiger partial charge in [-0.05, 0) is 78.9 Å². The monoisotopic (exact) mass is 723 g/mol. The molecule has 0 fully saturated rings. The van der Waals surface area contributed by atoms with Gasteiger partial charge in [-0.2, -0.15) is 0 Å². The molecule has 4 heterocycles. The molecule has 0 radical (unpaired) electrons. The summed E-state index contributed by atoms with van der Waals surface area (Å²) in [6.07, 6.45) is 0. The van der Waals surface area contributed by atoms with Crippen LogP contribution in [-0.4, -0.2) is 9.55 Å². The van der Waals surface area contributed by atoms with Crippen molar-refractivity contribution < 1.29 is 8.83 Å². The van der Waals surface area contributed by atoms with E-state index in [2.05, 4.69) is 143 Å². The Morgan fingerprint density at radius 3 is 2.13 bits per heavy atom. The van der Waals surface area contributed by atoms with E-state index in [1.54, 1.807) is 0 Å². The number of rotatable bonds is 5. The Kier molecular flexibility index (Phi) is 6.44. The number of aromatic nitrogens is 2. The second-order valence-corrected chi connectivity index (χ2v) is 15.0. The van der Waals surface area contributed by atoms with E-state index in [4.69, 9.17) is 13.8 Å². The first-order chi connectivity index (χ1) is 27.3. The van der Waals surface area contributed by atoms with Crippen LogP contribution in [-0.2, 0) is 0 Å². The number of hydrogen-bond donors (Lipinski definition) is 0. The molecular formula is C49H29N3O2S. The van der Waals surface area contributed by atoms with Crippen molar-refractivity contribution in [1.82, 2.24) is 9.55 Å². The number of para-hydroxylation sites is 3. The average molecular weight is 724 g/mol. The summed E-state index contributed by atoms with van der Waals surface area (Å²) in [6, 6.07) is 62.0. The fourth-order valence-corrected chi connectivity index (χ4v) is 9.58. The molecule has 0 spiro atoms. The lowest BCUT2D eigenvalue weighted by atomic mass is 10.1. The largest absolute Gasteiger partial charge is 0.456 e. The average Bonchev–Trinajstić information content (AvgIpc) is 4.02. The molecule has 4 aromatic heterocycles. The van der Waals surface area contributed by atoms with Gasteiger partial charge in [-0.25, -0.2) is 4.98 Å². The maximum Gasteiger partial charge on any atom is 0.227 e. The molecule has 0 unspecified atom stereocenters. The molecule has 8 aromatic carbocycles. The van der Waals surface area contributed by atoms with Gasteiger partial charge in [-0.1, -0.05) is 91.0 Å². The van der Waals surface area contributed by atoms with Gasteiger partial charge >= 0.3 is 0 Å². The van der Waals surface area contributed by atoms with Crippen molar-refractivity contribution in [2.45, 2.75) is 0 Å². The molecule has 0 amide bonds. The molecule has 5 nitrogen and oxygen atoms in total. The molecule has 0 aliphatic rings. The van der Waals surface area contributed by atoms with Crippen LogP contribution in [0.3, 0.4) is 0 Å². The fourth-order valence-electron chi connectivity index (χ4n) is 8.45. The lowest BCUT2D eigenvalue weighted by Crippen LogP contribution is -2.12.